The molecule has 0 aliphatic carbocycles. The van der Waals surface area contributed by atoms with Crippen molar-refractivity contribution in [2.45, 2.75) is 32.7 Å². The van der Waals surface area contributed by atoms with Crippen molar-refractivity contribution >= 4 is 5.97 Å². The van der Waals surface area contributed by atoms with Crippen LogP contribution in [-0.2, 0) is 16.0 Å². The second kappa shape index (κ2) is 11.8. The molecule has 0 bridgehead atoms. The SMILES string of the molecule is CCOC(=O)[C@H](C)C[C@H](N)Cc1ccc(-c2ccccc2)cc1.[O-][Cl+3]([O-])([O-])O. The van der Waals surface area contributed by atoms with Gasteiger partial charge < -0.3 is 10.5 Å². The molecule has 0 saturated heterocycles. The summed E-state index contributed by atoms with van der Waals surface area (Å²) in [5.41, 5.74) is 9.77. The quantitative estimate of drug-likeness (QED) is 0.595. The summed E-state index contributed by atoms with van der Waals surface area (Å²) in [6, 6.07) is 18.7. The van der Waals surface area contributed by atoms with Gasteiger partial charge in [0.15, 0.2) is 0 Å². The summed E-state index contributed by atoms with van der Waals surface area (Å²) in [7, 11) is -4.69. The van der Waals surface area contributed by atoms with Crippen LogP contribution in [-0.4, -0.2) is 23.3 Å². The van der Waals surface area contributed by atoms with Crippen molar-refractivity contribution < 1.29 is 38.4 Å². The molecule has 154 valence electrons. The highest BCUT2D eigenvalue weighted by molar-refractivity contribution is 5.72. The van der Waals surface area contributed by atoms with Crippen LogP contribution in [0.2, 0.25) is 0 Å². The zero-order chi connectivity index (χ0) is 21.2. The molecule has 0 saturated carbocycles. The van der Waals surface area contributed by atoms with Crippen molar-refractivity contribution in [3.63, 3.8) is 0 Å². The molecule has 3 N–H and O–H groups in total. The maximum Gasteiger partial charge on any atom is 0.308 e. The van der Waals surface area contributed by atoms with Crippen molar-refractivity contribution in [1.29, 1.82) is 0 Å². The summed E-state index contributed by atoms with van der Waals surface area (Å²) in [4.78, 5) is 11.7. The largest absolute Gasteiger partial charge is 0.466 e. The highest BCUT2D eigenvalue weighted by Crippen LogP contribution is 2.20. The van der Waals surface area contributed by atoms with Crippen LogP contribution in [0.4, 0.5) is 0 Å². The first kappa shape index (κ1) is 24.0. The standard InChI is InChI=1S/C20H25NO2.ClHO4/c1-3-23-20(22)15(2)13-19(21)14-16-9-11-18(12-10-16)17-7-5-4-6-8-17;2-1(3,4)5/h4-12,15,19H,3,13-14,21H2,1-2H3;(H,2,3,4,5)/t15-,19+;/m1./s1. The summed E-state index contributed by atoms with van der Waals surface area (Å²) in [5.74, 6) is -0.323. The molecular formula is C20H26ClNO6. The summed E-state index contributed by atoms with van der Waals surface area (Å²) in [6.45, 7) is 4.11. The maximum absolute atomic E-state index is 11.7. The normalized spacial score (nSPS) is 13.1. The lowest BCUT2D eigenvalue weighted by Crippen LogP contribution is -2.58. The summed E-state index contributed by atoms with van der Waals surface area (Å²) in [5, 5.41) is 0. The van der Waals surface area contributed by atoms with Gasteiger partial charge in [-0.3, -0.25) is 4.79 Å². The number of benzene rings is 2. The molecule has 0 spiro atoms. The van der Waals surface area contributed by atoms with E-state index in [2.05, 4.69) is 36.4 Å². The van der Waals surface area contributed by atoms with E-state index in [-0.39, 0.29) is 17.9 Å². The van der Waals surface area contributed by atoms with Crippen LogP contribution < -0.4 is 19.7 Å². The number of carbonyl (C=O) groups excluding carboxylic acids is 1. The van der Waals surface area contributed by atoms with Gasteiger partial charge in [-0.25, -0.2) is 0 Å². The fraction of sp³-hybridized carbons (Fsp3) is 0.350. The monoisotopic (exact) mass is 411 g/mol. The van der Waals surface area contributed by atoms with Gasteiger partial charge in [0.05, 0.1) is 27.4 Å². The smallest absolute Gasteiger partial charge is 0.308 e. The second-order valence-electron chi connectivity index (χ2n) is 6.31. The zero-order valence-corrected chi connectivity index (χ0v) is 16.7. The molecule has 0 radical (unpaired) electrons. The third-order valence-electron chi connectivity index (χ3n) is 3.90. The lowest BCUT2D eigenvalue weighted by atomic mass is 9.95. The minimum absolute atomic E-state index is 0.0445. The number of rotatable bonds is 7. The van der Waals surface area contributed by atoms with E-state index < -0.39 is 10.2 Å². The van der Waals surface area contributed by atoms with Crippen molar-refractivity contribution in [3.05, 3.63) is 60.2 Å². The maximum atomic E-state index is 11.7. The van der Waals surface area contributed by atoms with E-state index in [4.69, 9.17) is 29.1 Å². The zero-order valence-electron chi connectivity index (χ0n) is 15.9. The Kier molecular flexibility index (Phi) is 10.1. The van der Waals surface area contributed by atoms with Crippen molar-refractivity contribution in [1.82, 2.24) is 0 Å². The van der Waals surface area contributed by atoms with Crippen LogP contribution in [0.1, 0.15) is 25.8 Å². The van der Waals surface area contributed by atoms with Gasteiger partial charge in [0, 0.05) is 6.04 Å². The molecule has 0 aromatic heterocycles. The Balaban J connectivity index is 0.000000696. The van der Waals surface area contributed by atoms with Crippen LogP contribution in [0.15, 0.2) is 54.6 Å². The molecule has 0 fully saturated rings. The average Bonchev–Trinajstić information content (AvgIpc) is 2.62. The molecule has 2 aromatic rings. The first-order valence-electron chi connectivity index (χ1n) is 8.80. The summed E-state index contributed by atoms with van der Waals surface area (Å²) < 4.78 is 37.7. The number of halogens is 1. The number of hydrogen-bond donors (Lipinski definition) is 2. The predicted octanol–water partition coefficient (Wildman–Crippen LogP) is -0.311. The minimum Gasteiger partial charge on any atom is -0.466 e. The topological polar surface area (TPSA) is 142 Å². The number of esters is 1. The molecule has 2 aromatic carbocycles. The molecular weight excluding hydrogens is 386 g/mol. The van der Waals surface area contributed by atoms with Crippen LogP contribution in [0.5, 0.6) is 0 Å². The molecule has 28 heavy (non-hydrogen) atoms. The van der Waals surface area contributed by atoms with Crippen molar-refractivity contribution in [2.75, 3.05) is 6.61 Å². The Morgan fingerprint density at radius 3 is 2.07 bits per heavy atom. The van der Waals surface area contributed by atoms with Crippen LogP contribution in [0.25, 0.3) is 11.1 Å². The van der Waals surface area contributed by atoms with Gasteiger partial charge >= 0.3 is 5.97 Å². The van der Waals surface area contributed by atoms with Gasteiger partial charge in [0.2, 0.25) is 0 Å². The Morgan fingerprint density at radius 2 is 1.57 bits per heavy atom. The number of hydrogen-bond acceptors (Lipinski definition) is 7. The van der Waals surface area contributed by atoms with Crippen molar-refractivity contribution in [2.24, 2.45) is 11.7 Å². The summed E-state index contributed by atoms with van der Waals surface area (Å²) in [6.07, 6.45) is 1.40. The molecule has 0 unspecified atom stereocenters. The lowest BCUT2D eigenvalue weighted by Gasteiger charge is -2.16. The Bertz CT molecular complexity index is 697. The van der Waals surface area contributed by atoms with Crippen LogP contribution in [0.3, 0.4) is 0 Å². The molecule has 0 amide bonds. The van der Waals surface area contributed by atoms with E-state index in [1.54, 1.807) is 0 Å². The predicted molar refractivity (Wildman–Crippen MR) is 96.2 cm³/mol. The highest BCUT2D eigenvalue weighted by Gasteiger charge is 2.17. The molecule has 2 atom stereocenters. The van der Waals surface area contributed by atoms with E-state index in [1.807, 2.05) is 32.0 Å². The van der Waals surface area contributed by atoms with E-state index in [1.165, 1.54) is 16.7 Å². The fourth-order valence-corrected chi connectivity index (χ4v) is 2.68. The van der Waals surface area contributed by atoms with E-state index >= 15 is 0 Å². The third kappa shape index (κ3) is 10.4. The molecule has 0 aliphatic rings. The minimum atomic E-state index is -4.69. The van der Waals surface area contributed by atoms with Crippen LogP contribution in [0, 0.1) is 16.2 Å². The fourth-order valence-electron chi connectivity index (χ4n) is 2.68. The third-order valence-corrected chi connectivity index (χ3v) is 3.90. The van der Waals surface area contributed by atoms with Crippen LogP contribution >= 0.6 is 0 Å². The highest BCUT2D eigenvalue weighted by atomic mass is 35.7. The Labute approximate surface area is 167 Å². The van der Waals surface area contributed by atoms with Gasteiger partial charge in [0.1, 0.15) is 0 Å². The van der Waals surface area contributed by atoms with E-state index in [9.17, 15) is 4.79 Å². The first-order chi connectivity index (χ1) is 13.1. The summed E-state index contributed by atoms with van der Waals surface area (Å²) >= 11 is 0. The Morgan fingerprint density at radius 1 is 1.07 bits per heavy atom. The average molecular weight is 412 g/mol. The second-order valence-corrected chi connectivity index (χ2v) is 7.10. The van der Waals surface area contributed by atoms with Gasteiger partial charge in [-0.1, -0.05) is 61.5 Å². The Hall–Kier alpha value is -2.00. The van der Waals surface area contributed by atoms with E-state index in [0.29, 0.717) is 13.0 Å². The first-order valence-corrected chi connectivity index (χ1v) is 10.1. The molecule has 2 rings (SSSR count). The van der Waals surface area contributed by atoms with Gasteiger partial charge in [-0.05, 0) is 36.5 Å². The molecule has 0 heterocycles. The van der Waals surface area contributed by atoms with Gasteiger partial charge in [-0.15, -0.1) is 0 Å². The molecule has 0 aliphatic heterocycles. The van der Waals surface area contributed by atoms with E-state index in [0.717, 1.165) is 6.42 Å². The van der Waals surface area contributed by atoms with Gasteiger partial charge in [0.25, 0.3) is 0 Å². The lowest BCUT2D eigenvalue weighted by molar-refractivity contribution is -1.92. The number of nitrogens with two attached hydrogens (primary N) is 1. The number of carbonyl (C=O) groups is 1. The number of ether oxygens (including phenoxy) is 1. The molecule has 7 nitrogen and oxygen atoms in total. The molecule has 8 heteroatoms. The van der Waals surface area contributed by atoms with Gasteiger partial charge in [-0.2, -0.15) is 14.0 Å². The van der Waals surface area contributed by atoms with Crippen molar-refractivity contribution in [3.8, 4) is 11.1 Å².